The summed E-state index contributed by atoms with van der Waals surface area (Å²) in [4.78, 5) is 12.0. The molecule has 20 heavy (non-hydrogen) atoms. The van der Waals surface area contributed by atoms with Crippen molar-refractivity contribution in [2.45, 2.75) is 47.1 Å². The maximum atomic E-state index is 12.0. The Labute approximate surface area is 130 Å². The van der Waals surface area contributed by atoms with Crippen LogP contribution in [0.4, 0.5) is 5.69 Å². The van der Waals surface area contributed by atoms with Crippen LogP contribution in [0.3, 0.4) is 0 Å². The van der Waals surface area contributed by atoms with E-state index in [4.69, 9.17) is 0 Å². The fourth-order valence-electron chi connectivity index (χ4n) is 1.98. The molecule has 1 aromatic carbocycles. The molecule has 1 rings (SSSR count). The number of carbonyl (C=O) groups is 1. The first-order chi connectivity index (χ1) is 9.31. The first-order valence-electron chi connectivity index (χ1n) is 7.12. The van der Waals surface area contributed by atoms with E-state index in [0.717, 1.165) is 23.1 Å². The number of hydrogen-bond donors (Lipinski definition) is 2. The van der Waals surface area contributed by atoms with Gasteiger partial charge in [0.05, 0.1) is 0 Å². The van der Waals surface area contributed by atoms with E-state index in [0.29, 0.717) is 5.92 Å². The van der Waals surface area contributed by atoms with Gasteiger partial charge in [0.15, 0.2) is 0 Å². The molecule has 0 aliphatic carbocycles. The van der Waals surface area contributed by atoms with Crippen molar-refractivity contribution in [3.05, 3.63) is 27.7 Å². The third-order valence-electron chi connectivity index (χ3n) is 3.23. The first-order valence-corrected chi connectivity index (χ1v) is 7.91. The molecule has 0 fully saturated rings. The van der Waals surface area contributed by atoms with Gasteiger partial charge in [-0.3, -0.25) is 4.79 Å². The van der Waals surface area contributed by atoms with Gasteiger partial charge < -0.3 is 10.6 Å². The van der Waals surface area contributed by atoms with Crippen LogP contribution in [-0.2, 0) is 4.79 Å². The lowest BCUT2D eigenvalue weighted by Gasteiger charge is -2.17. The van der Waals surface area contributed by atoms with E-state index in [-0.39, 0.29) is 11.9 Å². The van der Waals surface area contributed by atoms with Gasteiger partial charge in [0, 0.05) is 16.7 Å². The van der Waals surface area contributed by atoms with Crippen molar-refractivity contribution >= 4 is 27.5 Å². The highest BCUT2D eigenvalue weighted by atomic mass is 79.9. The Hall–Kier alpha value is -1.03. The summed E-state index contributed by atoms with van der Waals surface area (Å²) in [7, 11) is 0. The molecule has 0 bridgehead atoms. The van der Waals surface area contributed by atoms with Crippen molar-refractivity contribution in [1.29, 1.82) is 0 Å². The predicted molar refractivity (Wildman–Crippen MR) is 89.2 cm³/mol. The molecule has 0 aliphatic rings. The van der Waals surface area contributed by atoms with Crippen LogP contribution in [0, 0.1) is 19.8 Å². The SMILES string of the molecule is Cc1cc(NC(C)C(=O)NCCC(C)C)cc(C)c1Br. The molecule has 1 aromatic rings. The molecule has 0 heterocycles. The standard InChI is InChI=1S/C16H25BrN2O/c1-10(2)6-7-18-16(20)13(5)19-14-8-11(3)15(17)12(4)9-14/h8-10,13,19H,6-7H2,1-5H3,(H,18,20). The highest BCUT2D eigenvalue weighted by molar-refractivity contribution is 9.10. The summed E-state index contributed by atoms with van der Waals surface area (Å²) in [5, 5.41) is 6.22. The molecular formula is C16H25BrN2O. The molecule has 2 N–H and O–H groups in total. The zero-order valence-electron chi connectivity index (χ0n) is 13.0. The van der Waals surface area contributed by atoms with Crippen molar-refractivity contribution in [1.82, 2.24) is 5.32 Å². The van der Waals surface area contributed by atoms with Gasteiger partial charge in [-0.15, -0.1) is 0 Å². The number of hydrogen-bond acceptors (Lipinski definition) is 2. The van der Waals surface area contributed by atoms with Gasteiger partial charge in [0.25, 0.3) is 0 Å². The van der Waals surface area contributed by atoms with E-state index in [1.165, 1.54) is 11.1 Å². The van der Waals surface area contributed by atoms with Crippen molar-refractivity contribution < 1.29 is 4.79 Å². The number of benzene rings is 1. The van der Waals surface area contributed by atoms with Crippen LogP contribution in [0.5, 0.6) is 0 Å². The van der Waals surface area contributed by atoms with E-state index >= 15 is 0 Å². The molecule has 0 radical (unpaired) electrons. The Balaban J connectivity index is 2.57. The topological polar surface area (TPSA) is 41.1 Å². The van der Waals surface area contributed by atoms with Crippen molar-refractivity contribution in [3.8, 4) is 0 Å². The van der Waals surface area contributed by atoms with Crippen molar-refractivity contribution in [2.75, 3.05) is 11.9 Å². The third kappa shape index (κ3) is 5.16. The van der Waals surface area contributed by atoms with Crippen LogP contribution < -0.4 is 10.6 Å². The summed E-state index contributed by atoms with van der Waals surface area (Å²) in [5.41, 5.74) is 3.31. The molecule has 112 valence electrons. The molecule has 0 saturated heterocycles. The summed E-state index contributed by atoms with van der Waals surface area (Å²) in [6.07, 6.45) is 1.01. The van der Waals surface area contributed by atoms with E-state index in [1.807, 2.05) is 6.92 Å². The lowest BCUT2D eigenvalue weighted by molar-refractivity contribution is -0.121. The van der Waals surface area contributed by atoms with Gasteiger partial charge in [0.1, 0.15) is 6.04 Å². The molecule has 0 saturated carbocycles. The van der Waals surface area contributed by atoms with Gasteiger partial charge in [0.2, 0.25) is 5.91 Å². The zero-order chi connectivity index (χ0) is 15.3. The third-order valence-corrected chi connectivity index (χ3v) is 4.48. The maximum Gasteiger partial charge on any atom is 0.242 e. The number of anilines is 1. The molecule has 1 amide bonds. The predicted octanol–water partition coefficient (Wildman–Crippen LogP) is 4.03. The second-order valence-electron chi connectivity index (χ2n) is 5.76. The minimum absolute atomic E-state index is 0.0453. The molecule has 1 unspecified atom stereocenters. The molecule has 4 heteroatoms. The number of carbonyl (C=O) groups excluding carboxylic acids is 1. The van der Waals surface area contributed by atoms with Gasteiger partial charge >= 0.3 is 0 Å². The van der Waals surface area contributed by atoms with Crippen LogP contribution in [0.15, 0.2) is 16.6 Å². The summed E-state index contributed by atoms with van der Waals surface area (Å²) in [5.74, 6) is 0.652. The monoisotopic (exact) mass is 340 g/mol. The van der Waals surface area contributed by atoms with Gasteiger partial charge in [-0.25, -0.2) is 0 Å². The first kappa shape index (κ1) is 17.0. The normalized spacial score (nSPS) is 12.3. The van der Waals surface area contributed by atoms with E-state index in [9.17, 15) is 4.79 Å². The fourth-order valence-corrected chi connectivity index (χ4v) is 2.21. The smallest absolute Gasteiger partial charge is 0.242 e. The average Bonchev–Trinajstić information content (AvgIpc) is 2.35. The fraction of sp³-hybridized carbons (Fsp3) is 0.562. The Morgan fingerprint density at radius 1 is 1.20 bits per heavy atom. The lowest BCUT2D eigenvalue weighted by Crippen LogP contribution is -2.38. The Morgan fingerprint density at radius 3 is 2.25 bits per heavy atom. The molecule has 0 aliphatic heterocycles. The van der Waals surface area contributed by atoms with E-state index in [2.05, 4.69) is 66.4 Å². The largest absolute Gasteiger partial charge is 0.374 e. The summed E-state index contributed by atoms with van der Waals surface area (Å²) in [6, 6.07) is 3.87. The lowest BCUT2D eigenvalue weighted by atomic mass is 10.1. The molecule has 3 nitrogen and oxygen atoms in total. The maximum absolute atomic E-state index is 12.0. The molecule has 0 aromatic heterocycles. The van der Waals surface area contributed by atoms with E-state index < -0.39 is 0 Å². The number of amides is 1. The zero-order valence-corrected chi connectivity index (χ0v) is 14.6. The molecule has 0 spiro atoms. The molecular weight excluding hydrogens is 316 g/mol. The summed E-state index contributed by atoms with van der Waals surface area (Å²) >= 11 is 3.55. The minimum Gasteiger partial charge on any atom is -0.374 e. The Morgan fingerprint density at radius 2 is 1.75 bits per heavy atom. The van der Waals surface area contributed by atoms with Gasteiger partial charge in [-0.2, -0.15) is 0 Å². The Kier molecular flexibility index (Phi) is 6.53. The van der Waals surface area contributed by atoms with E-state index in [1.54, 1.807) is 0 Å². The van der Waals surface area contributed by atoms with Gasteiger partial charge in [-0.1, -0.05) is 29.8 Å². The summed E-state index contributed by atoms with van der Waals surface area (Å²) in [6.45, 7) is 11.0. The average molecular weight is 341 g/mol. The van der Waals surface area contributed by atoms with Crippen LogP contribution >= 0.6 is 15.9 Å². The van der Waals surface area contributed by atoms with Crippen LogP contribution in [0.1, 0.15) is 38.3 Å². The van der Waals surface area contributed by atoms with Crippen LogP contribution in [-0.4, -0.2) is 18.5 Å². The summed E-state index contributed by atoms with van der Waals surface area (Å²) < 4.78 is 1.12. The highest BCUT2D eigenvalue weighted by Gasteiger charge is 2.13. The Bertz CT molecular complexity index is 449. The van der Waals surface area contributed by atoms with Crippen LogP contribution in [0.25, 0.3) is 0 Å². The number of rotatable bonds is 6. The quantitative estimate of drug-likeness (QED) is 0.820. The highest BCUT2D eigenvalue weighted by Crippen LogP contribution is 2.25. The second-order valence-corrected chi connectivity index (χ2v) is 6.56. The van der Waals surface area contributed by atoms with Crippen LogP contribution in [0.2, 0.25) is 0 Å². The van der Waals surface area contributed by atoms with Crippen molar-refractivity contribution in [2.24, 2.45) is 5.92 Å². The number of nitrogens with one attached hydrogen (secondary N) is 2. The number of aryl methyl sites for hydroxylation is 2. The van der Waals surface area contributed by atoms with Crippen molar-refractivity contribution in [3.63, 3.8) is 0 Å². The minimum atomic E-state index is -0.234. The van der Waals surface area contributed by atoms with Gasteiger partial charge in [-0.05, 0) is 56.4 Å². The number of halogens is 1. The second kappa shape index (κ2) is 7.67. The molecule has 1 atom stereocenters.